The van der Waals surface area contributed by atoms with Crippen LogP contribution in [-0.4, -0.2) is 37.7 Å². The van der Waals surface area contributed by atoms with Crippen LogP contribution in [0.2, 0.25) is 18.1 Å². The summed E-state index contributed by atoms with van der Waals surface area (Å²) in [7, 11) is -1.93. The number of carbonyl (C=O) groups is 1. The standard InChI is InChI=1S/C17H28O4Si/c1-10-12-13-11(20-14(19)17(10,13)9-18)8-16(12,5)21-22(6,7)15(2,3)4/h11-13,18H,1,8-9H2,2-7H3/t11-,12-,13-,16-,17+/m0/s1. The fourth-order valence-corrected chi connectivity index (χ4v) is 6.25. The Labute approximate surface area is 134 Å². The number of ether oxygens (including phenoxy) is 1. The van der Waals surface area contributed by atoms with Gasteiger partial charge in [0.05, 0.1) is 12.2 Å². The van der Waals surface area contributed by atoms with Crippen LogP contribution in [0.1, 0.15) is 34.1 Å². The van der Waals surface area contributed by atoms with E-state index in [4.69, 9.17) is 9.16 Å². The molecule has 1 saturated heterocycles. The van der Waals surface area contributed by atoms with Gasteiger partial charge in [0, 0.05) is 18.3 Å². The SMILES string of the molecule is C=C1[C@H]2[C@@H]3[C@H](C[C@]2(C)O[Si](C)(C)C(C)(C)C)OC(=O)[C@]13CO. The third-order valence-electron chi connectivity index (χ3n) is 6.71. The zero-order valence-electron chi connectivity index (χ0n) is 14.5. The second-order valence-corrected chi connectivity index (χ2v) is 13.7. The molecule has 4 nitrogen and oxygen atoms in total. The molecule has 0 aromatic heterocycles. The first-order valence-electron chi connectivity index (χ1n) is 8.12. The van der Waals surface area contributed by atoms with E-state index in [-0.39, 0.29) is 41.2 Å². The first kappa shape index (κ1) is 16.2. The van der Waals surface area contributed by atoms with E-state index in [0.717, 1.165) is 5.57 Å². The lowest BCUT2D eigenvalue weighted by molar-refractivity contribution is -0.156. The molecule has 0 spiro atoms. The topological polar surface area (TPSA) is 55.8 Å². The van der Waals surface area contributed by atoms with Gasteiger partial charge in [0.1, 0.15) is 11.5 Å². The van der Waals surface area contributed by atoms with Gasteiger partial charge in [-0.15, -0.1) is 0 Å². The molecule has 0 amide bonds. The lowest BCUT2D eigenvalue weighted by Gasteiger charge is -2.54. The summed E-state index contributed by atoms with van der Waals surface area (Å²) < 4.78 is 12.3. The maximum absolute atomic E-state index is 12.2. The number of esters is 1. The minimum Gasteiger partial charge on any atom is -0.461 e. The zero-order chi connectivity index (χ0) is 16.7. The van der Waals surface area contributed by atoms with Crippen molar-refractivity contribution in [3.05, 3.63) is 12.2 Å². The van der Waals surface area contributed by atoms with Crippen LogP contribution in [0, 0.1) is 17.3 Å². The first-order chi connectivity index (χ1) is 9.91. The Morgan fingerprint density at radius 1 is 1.45 bits per heavy atom. The van der Waals surface area contributed by atoms with Crippen LogP contribution in [0.3, 0.4) is 0 Å². The zero-order valence-corrected chi connectivity index (χ0v) is 15.5. The predicted octanol–water partition coefficient (Wildman–Crippen LogP) is 2.88. The van der Waals surface area contributed by atoms with Crippen LogP contribution in [0.5, 0.6) is 0 Å². The van der Waals surface area contributed by atoms with Gasteiger partial charge in [0.25, 0.3) is 0 Å². The van der Waals surface area contributed by atoms with Gasteiger partial charge in [-0.3, -0.25) is 4.79 Å². The van der Waals surface area contributed by atoms with Crippen LogP contribution < -0.4 is 0 Å². The van der Waals surface area contributed by atoms with Crippen molar-refractivity contribution in [1.29, 1.82) is 0 Å². The second kappa shape index (κ2) is 4.25. The van der Waals surface area contributed by atoms with Crippen molar-refractivity contribution in [1.82, 2.24) is 0 Å². The molecule has 2 saturated carbocycles. The lowest BCUT2D eigenvalue weighted by Crippen LogP contribution is -2.60. The molecule has 1 aliphatic heterocycles. The summed E-state index contributed by atoms with van der Waals surface area (Å²) in [5.74, 6) is -0.141. The molecule has 3 fully saturated rings. The van der Waals surface area contributed by atoms with E-state index in [9.17, 15) is 9.90 Å². The van der Waals surface area contributed by atoms with Gasteiger partial charge in [-0.1, -0.05) is 32.9 Å². The summed E-state index contributed by atoms with van der Waals surface area (Å²) in [5.41, 5.74) is -0.384. The molecular weight excluding hydrogens is 296 g/mol. The third-order valence-corrected chi connectivity index (χ3v) is 11.3. The molecule has 1 N–H and O–H groups in total. The maximum atomic E-state index is 12.2. The van der Waals surface area contributed by atoms with Gasteiger partial charge >= 0.3 is 5.97 Å². The Bertz CT molecular complexity index is 549. The summed E-state index contributed by atoms with van der Waals surface area (Å²) in [6, 6.07) is 0. The molecule has 0 radical (unpaired) electrons. The molecule has 1 heterocycles. The molecule has 124 valence electrons. The van der Waals surface area contributed by atoms with Crippen LogP contribution in [0.15, 0.2) is 12.2 Å². The highest BCUT2D eigenvalue weighted by Crippen LogP contribution is 2.71. The Kier molecular flexibility index (Phi) is 3.13. The van der Waals surface area contributed by atoms with E-state index < -0.39 is 13.7 Å². The van der Waals surface area contributed by atoms with Crippen molar-refractivity contribution in [2.45, 2.75) is 64.0 Å². The van der Waals surface area contributed by atoms with E-state index in [1.54, 1.807) is 0 Å². The molecular formula is C17H28O4Si. The van der Waals surface area contributed by atoms with Gasteiger partial charge in [0.2, 0.25) is 0 Å². The molecule has 3 rings (SSSR count). The average molecular weight is 324 g/mol. The Balaban J connectivity index is 1.92. The van der Waals surface area contributed by atoms with Crippen molar-refractivity contribution in [3.8, 4) is 0 Å². The summed E-state index contributed by atoms with van der Waals surface area (Å²) >= 11 is 0. The number of rotatable bonds is 3. The van der Waals surface area contributed by atoms with E-state index in [0.29, 0.717) is 6.42 Å². The summed E-state index contributed by atoms with van der Waals surface area (Å²) in [5, 5.41) is 9.92. The van der Waals surface area contributed by atoms with Crippen LogP contribution in [-0.2, 0) is 14.0 Å². The maximum Gasteiger partial charge on any atom is 0.319 e. The minimum atomic E-state index is -1.93. The Hall–Kier alpha value is -0.653. The van der Waals surface area contributed by atoms with Gasteiger partial charge < -0.3 is 14.3 Å². The fourth-order valence-electron chi connectivity index (χ4n) is 4.57. The summed E-state index contributed by atoms with van der Waals surface area (Å²) in [4.78, 5) is 12.2. The summed E-state index contributed by atoms with van der Waals surface area (Å²) in [6.07, 6.45) is 0.575. The molecule has 0 aromatic carbocycles. The van der Waals surface area contributed by atoms with Crippen molar-refractivity contribution in [2.75, 3.05) is 6.61 Å². The van der Waals surface area contributed by atoms with Gasteiger partial charge in [-0.25, -0.2) is 0 Å². The van der Waals surface area contributed by atoms with Gasteiger partial charge in [-0.05, 0) is 25.1 Å². The van der Waals surface area contributed by atoms with Crippen molar-refractivity contribution in [2.24, 2.45) is 17.3 Å². The number of hydrogen-bond acceptors (Lipinski definition) is 4. The molecule has 3 aliphatic rings. The highest BCUT2D eigenvalue weighted by atomic mass is 28.4. The van der Waals surface area contributed by atoms with Gasteiger partial charge in [0.15, 0.2) is 8.32 Å². The van der Waals surface area contributed by atoms with E-state index in [1.165, 1.54) is 0 Å². The number of aliphatic hydroxyl groups is 1. The highest BCUT2D eigenvalue weighted by Gasteiger charge is 2.78. The van der Waals surface area contributed by atoms with E-state index in [1.807, 2.05) is 0 Å². The normalized spacial score (nSPS) is 43.9. The predicted molar refractivity (Wildman–Crippen MR) is 86.8 cm³/mol. The summed E-state index contributed by atoms with van der Waals surface area (Å²) in [6.45, 7) is 17.3. The molecule has 0 aromatic rings. The van der Waals surface area contributed by atoms with E-state index >= 15 is 0 Å². The van der Waals surface area contributed by atoms with Gasteiger partial charge in [-0.2, -0.15) is 0 Å². The molecule has 5 heteroatoms. The monoisotopic (exact) mass is 324 g/mol. The number of carbonyl (C=O) groups excluding carboxylic acids is 1. The molecule has 22 heavy (non-hydrogen) atoms. The molecule has 0 bridgehead atoms. The number of hydrogen-bond donors (Lipinski definition) is 1. The lowest BCUT2D eigenvalue weighted by atomic mass is 9.51. The third kappa shape index (κ3) is 1.68. The second-order valence-electron chi connectivity index (χ2n) is 8.98. The molecule has 5 atom stereocenters. The Morgan fingerprint density at radius 3 is 2.55 bits per heavy atom. The quantitative estimate of drug-likeness (QED) is 0.493. The van der Waals surface area contributed by atoms with E-state index in [2.05, 4.69) is 47.4 Å². The smallest absolute Gasteiger partial charge is 0.319 e. The van der Waals surface area contributed by atoms with Crippen molar-refractivity contribution in [3.63, 3.8) is 0 Å². The Morgan fingerprint density at radius 2 is 2.05 bits per heavy atom. The van der Waals surface area contributed by atoms with Crippen LogP contribution in [0.4, 0.5) is 0 Å². The largest absolute Gasteiger partial charge is 0.461 e. The van der Waals surface area contributed by atoms with Crippen molar-refractivity contribution >= 4 is 14.3 Å². The highest BCUT2D eigenvalue weighted by molar-refractivity contribution is 6.74. The molecule has 2 aliphatic carbocycles. The minimum absolute atomic E-state index is 0.0345. The fraction of sp³-hybridized carbons (Fsp3) is 0.824. The number of aliphatic hydroxyl groups excluding tert-OH is 1. The van der Waals surface area contributed by atoms with Crippen molar-refractivity contribution < 1.29 is 19.1 Å². The molecule has 0 unspecified atom stereocenters. The van der Waals surface area contributed by atoms with Crippen LogP contribution >= 0.6 is 0 Å². The first-order valence-corrected chi connectivity index (χ1v) is 11.0. The average Bonchev–Trinajstić information content (AvgIpc) is 2.69. The van der Waals surface area contributed by atoms with Crippen LogP contribution in [0.25, 0.3) is 0 Å².